The van der Waals surface area contributed by atoms with Gasteiger partial charge in [-0.2, -0.15) is 0 Å². The Hall–Kier alpha value is -1.40. The molecule has 2 rings (SSSR count). The number of imidazole rings is 1. The van der Waals surface area contributed by atoms with E-state index in [1.54, 1.807) is 12.5 Å². The number of carbonyl (C=O) groups is 1. The third kappa shape index (κ3) is 3.54. The van der Waals surface area contributed by atoms with Crippen LogP contribution in [0.5, 0.6) is 0 Å². The lowest BCUT2D eigenvalue weighted by Crippen LogP contribution is -2.35. The van der Waals surface area contributed by atoms with E-state index in [0.29, 0.717) is 25.6 Å². The van der Waals surface area contributed by atoms with Crippen LogP contribution in [0.2, 0.25) is 0 Å². The van der Waals surface area contributed by atoms with Crippen LogP contribution in [0, 0.1) is 5.92 Å². The third-order valence-corrected chi connectivity index (χ3v) is 2.78. The van der Waals surface area contributed by atoms with Crippen LogP contribution in [0.4, 0.5) is 0 Å². The molecule has 0 radical (unpaired) electrons. The van der Waals surface area contributed by atoms with Gasteiger partial charge in [-0.1, -0.05) is 0 Å². The molecule has 3 N–H and O–H groups in total. The summed E-state index contributed by atoms with van der Waals surface area (Å²) in [5.74, 6) is -0.0511. The van der Waals surface area contributed by atoms with Gasteiger partial charge in [-0.05, 0) is 6.42 Å². The van der Waals surface area contributed by atoms with E-state index < -0.39 is 6.04 Å². The molecule has 0 saturated carbocycles. The van der Waals surface area contributed by atoms with Gasteiger partial charge in [0.2, 0.25) is 0 Å². The van der Waals surface area contributed by atoms with Gasteiger partial charge in [0.15, 0.2) is 0 Å². The van der Waals surface area contributed by atoms with E-state index in [-0.39, 0.29) is 5.97 Å². The van der Waals surface area contributed by atoms with Crippen molar-refractivity contribution >= 4 is 5.97 Å². The first-order valence-corrected chi connectivity index (χ1v) is 5.73. The molecule has 2 atom stereocenters. The smallest absolute Gasteiger partial charge is 0.323 e. The number of aromatic amines is 1. The Morgan fingerprint density at radius 3 is 3.29 bits per heavy atom. The molecule has 1 aromatic rings. The maximum absolute atomic E-state index is 11.6. The van der Waals surface area contributed by atoms with Gasteiger partial charge >= 0.3 is 5.97 Å². The molecule has 0 amide bonds. The van der Waals surface area contributed by atoms with Crippen molar-refractivity contribution < 1.29 is 14.3 Å². The lowest BCUT2D eigenvalue weighted by molar-refractivity contribution is -0.146. The molecule has 1 unspecified atom stereocenters. The van der Waals surface area contributed by atoms with Gasteiger partial charge < -0.3 is 20.2 Å². The second kappa shape index (κ2) is 5.79. The first-order valence-electron chi connectivity index (χ1n) is 5.73. The molecule has 0 spiro atoms. The van der Waals surface area contributed by atoms with Gasteiger partial charge in [0.1, 0.15) is 6.04 Å². The van der Waals surface area contributed by atoms with Gasteiger partial charge in [0, 0.05) is 30.8 Å². The van der Waals surface area contributed by atoms with Crippen LogP contribution in [0.15, 0.2) is 12.5 Å². The Morgan fingerprint density at radius 2 is 2.65 bits per heavy atom. The van der Waals surface area contributed by atoms with Crippen molar-refractivity contribution in [2.24, 2.45) is 11.7 Å². The molecule has 6 heteroatoms. The maximum Gasteiger partial charge on any atom is 0.323 e. The van der Waals surface area contributed by atoms with Crippen molar-refractivity contribution in [2.45, 2.75) is 18.9 Å². The highest BCUT2D eigenvalue weighted by Gasteiger charge is 2.21. The minimum Gasteiger partial charge on any atom is -0.464 e. The monoisotopic (exact) mass is 239 g/mol. The summed E-state index contributed by atoms with van der Waals surface area (Å²) >= 11 is 0. The van der Waals surface area contributed by atoms with Gasteiger partial charge in [-0.25, -0.2) is 4.98 Å². The molecule has 17 heavy (non-hydrogen) atoms. The highest BCUT2D eigenvalue weighted by Crippen LogP contribution is 2.12. The summed E-state index contributed by atoms with van der Waals surface area (Å²) in [6.07, 6.45) is 4.57. The van der Waals surface area contributed by atoms with E-state index in [2.05, 4.69) is 9.97 Å². The van der Waals surface area contributed by atoms with Crippen molar-refractivity contribution in [3.8, 4) is 0 Å². The number of rotatable bonds is 5. The number of nitrogens with zero attached hydrogens (tertiary/aromatic N) is 1. The van der Waals surface area contributed by atoms with Gasteiger partial charge in [0.05, 0.1) is 19.5 Å². The zero-order valence-corrected chi connectivity index (χ0v) is 9.59. The Bertz CT molecular complexity index is 347. The molecule has 1 saturated heterocycles. The normalized spacial score (nSPS) is 21.4. The van der Waals surface area contributed by atoms with Crippen LogP contribution < -0.4 is 5.73 Å². The van der Waals surface area contributed by atoms with Crippen LogP contribution in [0.1, 0.15) is 12.1 Å². The highest BCUT2D eigenvalue weighted by atomic mass is 16.5. The number of H-pyrrole nitrogens is 1. The molecule has 1 aromatic heterocycles. The third-order valence-electron chi connectivity index (χ3n) is 2.78. The van der Waals surface area contributed by atoms with E-state index >= 15 is 0 Å². The number of ether oxygens (including phenoxy) is 2. The number of hydrogen-bond donors (Lipinski definition) is 2. The van der Waals surface area contributed by atoms with Crippen molar-refractivity contribution in [2.75, 3.05) is 19.8 Å². The van der Waals surface area contributed by atoms with Gasteiger partial charge in [0.25, 0.3) is 0 Å². The molecule has 0 aliphatic carbocycles. The number of aromatic nitrogens is 2. The quantitative estimate of drug-likeness (QED) is 0.698. The summed E-state index contributed by atoms with van der Waals surface area (Å²) in [6, 6.07) is -0.641. The summed E-state index contributed by atoms with van der Waals surface area (Å²) in [7, 11) is 0. The van der Waals surface area contributed by atoms with Crippen molar-refractivity contribution in [1.29, 1.82) is 0 Å². The fraction of sp³-hybridized carbons (Fsp3) is 0.636. The molecule has 0 bridgehead atoms. The van der Waals surface area contributed by atoms with Crippen molar-refractivity contribution in [3.05, 3.63) is 18.2 Å². The molecule has 94 valence electrons. The Kier molecular flexibility index (Phi) is 4.11. The van der Waals surface area contributed by atoms with Crippen LogP contribution in [-0.4, -0.2) is 41.8 Å². The van der Waals surface area contributed by atoms with E-state index in [4.69, 9.17) is 15.2 Å². The lowest BCUT2D eigenvalue weighted by atomic mass is 10.1. The molecular formula is C11H17N3O3. The van der Waals surface area contributed by atoms with E-state index in [9.17, 15) is 4.79 Å². The Balaban J connectivity index is 1.71. The molecule has 1 aliphatic heterocycles. The molecule has 6 nitrogen and oxygen atoms in total. The minimum atomic E-state index is -0.641. The summed E-state index contributed by atoms with van der Waals surface area (Å²) in [4.78, 5) is 18.4. The predicted molar refractivity (Wildman–Crippen MR) is 60.2 cm³/mol. The number of carbonyl (C=O) groups excluding carboxylic acids is 1. The number of esters is 1. The van der Waals surface area contributed by atoms with Crippen LogP contribution in [0.25, 0.3) is 0 Å². The van der Waals surface area contributed by atoms with Crippen LogP contribution >= 0.6 is 0 Å². The van der Waals surface area contributed by atoms with E-state index in [1.807, 2.05) is 0 Å². The fourth-order valence-electron chi connectivity index (χ4n) is 1.74. The SMILES string of the molecule is N[C@@H](Cc1cnc[nH]1)C(=O)OCC1CCOC1. The molecule has 2 heterocycles. The topological polar surface area (TPSA) is 90.2 Å². The van der Waals surface area contributed by atoms with Crippen LogP contribution in [0.3, 0.4) is 0 Å². The number of nitrogens with two attached hydrogens (primary N) is 1. The largest absolute Gasteiger partial charge is 0.464 e. The second-order valence-electron chi connectivity index (χ2n) is 4.25. The minimum absolute atomic E-state index is 0.318. The van der Waals surface area contributed by atoms with Crippen LogP contribution in [-0.2, 0) is 20.7 Å². The zero-order chi connectivity index (χ0) is 12.1. The summed E-state index contributed by atoms with van der Waals surface area (Å²) in [5, 5.41) is 0. The highest BCUT2D eigenvalue weighted by molar-refractivity contribution is 5.75. The molecule has 1 aliphatic rings. The number of hydrogen-bond acceptors (Lipinski definition) is 5. The number of nitrogens with one attached hydrogen (secondary N) is 1. The van der Waals surface area contributed by atoms with E-state index in [0.717, 1.165) is 18.7 Å². The first kappa shape index (κ1) is 12.1. The average Bonchev–Trinajstić information content (AvgIpc) is 2.98. The predicted octanol–water partition coefficient (Wildman–Crippen LogP) is -0.141. The summed E-state index contributed by atoms with van der Waals surface area (Å²) in [5.41, 5.74) is 6.57. The average molecular weight is 239 g/mol. The maximum atomic E-state index is 11.6. The van der Waals surface area contributed by atoms with Gasteiger partial charge in [-0.15, -0.1) is 0 Å². The van der Waals surface area contributed by atoms with E-state index in [1.165, 1.54) is 0 Å². The first-order chi connectivity index (χ1) is 8.25. The second-order valence-corrected chi connectivity index (χ2v) is 4.25. The summed E-state index contributed by atoms with van der Waals surface area (Å²) < 4.78 is 10.4. The Labute approximate surface area is 99.5 Å². The fourth-order valence-corrected chi connectivity index (χ4v) is 1.74. The van der Waals surface area contributed by atoms with Crippen molar-refractivity contribution in [3.63, 3.8) is 0 Å². The van der Waals surface area contributed by atoms with Crippen molar-refractivity contribution in [1.82, 2.24) is 9.97 Å². The molecule has 1 fully saturated rings. The van der Waals surface area contributed by atoms with Gasteiger partial charge in [-0.3, -0.25) is 4.79 Å². The molecule has 0 aromatic carbocycles. The Morgan fingerprint density at radius 1 is 1.76 bits per heavy atom. The standard InChI is InChI=1S/C11H17N3O3/c12-10(3-9-4-13-7-14-9)11(15)17-6-8-1-2-16-5-8/h4,7-8,10H,1-3,5-6,12H2,(H,13,14)/t8?,10-/m0/s1. The molecular weight excluding hydrogens is 222 g/mol. The lowest BCUT2D eigenvalue weighted by Gasteiger charge is -2.12. The zero-order valence-electron chi connectivity index (χ0n) is 9.59. The summed E-state index contributed by atoms with van der Waals surface area (Å²) in [6.45, 7) is 1.82.